The molecule has 0 radical (unpaired) electrons. The molecule has 1 aromatic rings. The molecule has 0 aromatic heterocycles. The second kappa shape index (κ2) is 4.92. The van der Waals surface area contributed by atoms with Crippen molar-refractivity contribution in [3.05, 3.63) is 35.9 Å². The monoisotopic (exact) mass is 178 g/mol. The summed E-state index contributed by atoms with van der Waals surface area (Å²) >= 11 is 0. The Bertz CT molecular complexity index is 285. The lowest BCUT2D eigenvalue weighted by molar-refractivity contribution is 0.199. The molecule has 0 fully saturated rings. The van der Waals surface area contributed by atoms with Gasteiger partial charge in [-0.3, -0.25) is 5.41 Å². The van der Waals surface area contributed by atoms with Gasteiger partial charge in [-0.2, -0.15) is 0 Å². The fourth-order valence-corrected chi connectivity index (χ4v) is 0.865. The SMILES string of the molecule is N=COC(=O)NCc1ccccc1. The van der Waals surface area contributed by atoms with Crippen molar-refractivity contribution in [1.82, 2.24) is 5.32 Å². The predicted octanol–water partition coefficient (Wildman–Crippen LogP) is 1.52. The molecule has 0 saturated heterocycles. The van der Waals surface area contributed by atoms with Crippen LogP contribution in [-0.2, 0) is 11.3 Å². The Labute approximate surface area is 76.0 Å². The Morgan fingerprint density at radius 2 is 2.15 bits per heavy atom. The average Bonchev–Trinajstić information content (AvgIpc) is 2.17. The van der Waals surface area contributed by atoms with E-state index in [-0.39, 0.29) is 0 Å². The van der Waals surface area contributed by atoms with E-state index >= 15 is 0 Å². The average molecular weight is 178 g/mol. The second-order valence-electron chi connectivity index (χ2n) is 2.36. The van der Waals surface area contributed by atoms with Crippen LogP contribution in [0.2, 0.25) is 0 Å². The summed E-state index contributed by atoms with van der Waals surface area (Å²) in [4.78, 5) is 10.7. The van der Waals surface area contributed by atoms with E-state index in [0.717, 1.165) is 5.56 Å². The number of ether oxygens (including phenoxy) is 1. The molecule has 4 nitrogen and oxygen atoms in total. The van der Waals surface area contributed by atoms with Crippen LogP contribution in [0, 0.1) is 5.41 Å². The van der Waals surface area contributed by atoms with Gasteiger partial charge in [-0.05, 0) is 5.56 Å². The lowest BCUT2D eigenvalue weighted by atomic mass is 10.2. The first-order valence-electron chi connectivity index (χ1n) is 3.80. The van der Waals surface area contributed by atoms with E-state index in [1.165, 1.54) is 0 Å². The highest BCUT2D eigenvalue weighted by Gasteiger charge is 1.98. The molecule has 0 saturated carbocycles. The molecular weight excluding hydrogens is 168 g/mol. The van der Waals surface area contributed by atoms with Gasteiger partial charge in [-0.15, -0.1) is 0 Å². The number of alkyl carbamates (subject to hydrolysis) is 1. The van der Waals surface area contributed by atoms with Crippen molar-refractivity contribution in [1.29, 1.82) is 5.41 Å². The van der Waals surface area contributed by atoms with Gasteiger partial charge in [0.25, 0.3) is 0 Å². The molecule has 13 heavy (non-hydrogen) atoms. The molecule has 0 spiro atoms. The molecular formula is C9H10N2O2. The highest BCUT2D eigenvalue weighted by Crippen LogP contribution is 1.96. The van der Waals surface area contributed by atoms with Gasteiger partial charge in [0.15, 0.2) is 6.40 Å². The van der Waals surface area contributed by atoms with Crippen LogP contribution < -0.4 is 5.32 Å². The molecule has 0 bridgehead atoms. The molecule has 4 heteroatoms. The van der Waals surface area contributed by atoms with E-state index in [2.05, 4.69) is 10.1 Å². The molecule has 2 N–H and O–H groups in total. The van der Waals surface area contributed by atoms with Crippen LogP contribution >= 0.6 is 0 Å². The maximum atomic E-state index is 10.7. The van der Waals surface area contributed by atoms with Crippen LogP contribution in [0.4, 0.5) is 4.79 Å². The van der Waals surface area contributed by atoms with Gasteiger partial charge < -0.3 is 10.1 Å². The van der Waals surface area contributed by atoms with Gasteiger partial charge in [-0.1, -0.05) is 30.3 Å². The number of amides is 1. The van der Waals surface area contributed by atoms with Crippen molar-refractivity contribution in [2.75, 3.05) is 0 Å². The van der Waals surface area contributed by atoms with Crippen molar-refractivity contribution >= 4 is 12.5 Å². The minimum absolute atomic E-state index is 0.410. The third kappa shape index (κ3) is 3.37. The number of benzene rings is 1. The van der Waals surface area contributed by atoms with Crippen molar-refractivity contribution in [3.8, 4) is 0 Å². The number of carbonyl (C=O) groups excluding carboxylic acids is 1. The molecule has 0 atom stereocenters. The van der Waals surface area contributed by atoms with Crippen LogP contribution in [-0.4, -0.2) is 12.5 Å². The number of nitrogens with one attached hydrogen (secondary N) is 2. The molecule has 68 valence electrons. The van der Waals surface area contributed by atoms with Crippen LogP contribution in [0.1, 0.15) is 5.56 Å². The zero-order valence-electron chi connectivity index (χ0n) is 6.99. The van der Waals surface area contributed by atoms with Gasteiger partial charge in [0.1, 0.15) is 0 Å². The third-order valence-electron chi connectivity index (χ3n) is 1.45. The first-order valence-corrected chi connectivity index (χ1v) is 3.80. The quantitative estimate of drug-likeness (QED) is 0.544. The normalized spacial score (nSPS) is 8.92. The lowest BCUT2D eigenvalue weighted by Gasteiger charge is -2.02. The standard InChI is InChI=1S/C9H10N2O2/c10-7-13-9(12)11-6-8-4-2-1-3-5-8/h1-5,7,10H,6H2,(H,11,12). The summed E-state index contributed by atoms with van der Waals surface area (Å²) in [6.45, 7) is 0.410. The zero-order chi connectivity index (χ0) is 9.52. The van der Waals surface area contributed by atoms with Crippen molar-refractivity contribution in [2.24, 2.45) is 0 Å². The lowest BCUT2D eigenvalue weighted by Crippen LogP contribution is -2.22. The summed E-state index contributed by atoms with van der Waals surface area (Å²) in [5.41, 5.74) is 0.990. The van der Waals surface area contributed by atoms with Crippen molar-refractivity contribution in [2.45, 2.75) is 6.54 Å². The van der Waals surface area contributed by atoms with E-state index in [1.54, 1.807) is 0 Å². The van der Waals surface area contributed by atoms with E-state index in [1.807, 2.05) is 30.3 Å². The molecule has 0 aliphatic carbocycles. The maximum Gasteiger partial charge on any atom is 0.413 e. The Kier molecular flexibility index (Phi) is 3.50. The molecule has 1 rings (SSSR count). The highest BCUT2D eigenvalue weighted by atomic mass is 16.5. The van der Waals surface area contributed by atoms with Crippen molar-refractivity contribution < 1.29 is 9.53 Å². The zero-order valence-corrected chi connectivity index (χ0v) is 6.99. The molecule has 0 unspecified atom stereocenters. The Morgan fingerprint density at radius 3 is 2.77 bits per heavy atom. The molecule has 1 aromatic carbocycles. The highest BCUT2D eigenvalue weighted by molar-refractivity contribution is 5.75. The number of hydrogen-bond acceptors (Lipinski definition) is 3. The molecule has 1 amide bonds. The summed E-state index contributed by atoms with van der Waals surface area (Å²) in [7, 11) is 0. The summed E-state index contributed by atoms with van der Waals surface area (Å²) < 4.78 is 4.26. The third-order valence-corrected chi connectivity index (χ3v) is 1.45. The summed E-state index contributed by atoms with van der Waals surface area (Å²) in [5, 5.41) is 9.00. The fourth-order valence-electron chi connectivity index (χ4n) is 0.865. The van der Waals surface area contributed by atoms with Gasteiger partial charge in [0, 0.05) is 6.54 Å². The van der Waals surface area contributed by atoms with Gasteiger partial charge in [0.05, 0.1) is 0 Å². The summed E-state index contributed by atoms with van der Waals surface area (Å²) in [6, 6.07) is 9.46. The van der Waals surface area contributed by atoms with E-state index in [9.17, 15) is 4.79 Å². The number of carbonyl (C=O) groups is 1. The number of hydrogen-bond donors (Lipinski definition) is 2. The summed E-state index contributed by atoms with van der Waals surface area (Å²) in [5.74, 6) is 0. The van der Waals surface area contributed by atoms with Gasteiger partial charge in [-0.25, -0.2) is 4.79 Å². The van der Waals surface area contributed by atoms with Crippen LogP contribution in [0.5, 0.6) is 0 Å². The van der Waals surface area contributed by atoms with E-state index < -0.39 is 6.09 Å². The second-order valence-corrected chi connectivity index (χ2v) is 2.36. The smallest absolute Gasteiger partial charge is 0.399 e. The summed E-state index contributed by atoms with van der Waals surface area (Å²) in [6.07, 6.45) is -0.0146. The molecule has 0 heterocycles. The van der Waals surface area contributed by atoms with Gasteiger partial charge in [0.2, 0.25) is 0 Å². The number of rotatable bonds is 3. The maximum absolute atomic E-state index is 10.7. The first kappa shape index (κ1) is 9.25. The van der Waals surface area contributed by atoms with Crippen molar-refractivity contribution in [3.63, 3.8) is 0 Å². The Morgan fingerprint density at radius 1 is 1.46 bits per heavy atom. The topological polar surface area (TPSA) is 62.2 Å². The minimum atomic E-state index is -0.612. The van der Waals surface area contributed by atoms with E-state index in [4.69, 9.17) is 5.41 Å². The first-order chi connectivity index (χ1) is 6.33. The molecule has 0 aliphatic heterocycles. The van der Waals surface area contributed by atoms with Crippen LogP contribution in [0.15, 0.2) is 30.3 Å². The largest absolute Gasteiger partial charge is 0.413 e. The van der Waals surface area contributed by atoms with E-state index in [0.29, 0.717) is 12.9 Å². The minimum Gasteiger partial charge on any atom is -0.399 e. The molecule has 0 aliphatic rings. The Hall–Kier alpha value is -1.84. The van der Waals surface area contributed by atoms with Crippen LogP contribution in [0.25, 0.3) is 0 Å². The predicted molar refractivity (Wildman–Crippen MR) is 48.5 cm³/mol. The Balaban J connectivity index is 2.35. The fraction of sp³-hybridized carbons (Fsp3) is 0.111. The van der Waals surface area contributed by atoms with Gasteiger partial charge >= 0.3 is 6.09 Å². The van der Waals surface area contributed by atoms with Crippen LogP contribution in [0.3, 0.4) is 0 Å².